The highest BCUT2D eigenvalue weighted by Gasteiger charge is 2.18. The van der Waals surface area contributed by atoms with Crippen LogP contribution in [0.5, 0.6) is 6.01 Å². The summed E-state index contributed by atoms with van der Waals surface area (Å²) in [5, 5.41) is 0. The van der Waals surface area contributed by atoms with Crippen LogP contribution in [0.3, 0.4) is 0 Å². The monoisotopic (exact) mass is 324 g/mol. The average molecular weight is 324 g/mol. The van der Waals surface area contributed by atoms with E-state index in [-0.39, 0.29) is 5.91 Å². The lowest BCUT2D eigenvalue weighted by Crippen LogP contribution is -2.12. The van der Waals surface area contributed by atoms with E-state index in [0.717, 1.165) is 28.6 Å². The van der Waals surface area contributed by atoms with Crippen molar-refractivity contribution in [3.8, 4) is 17.1 Å². The van der Waals surface area contributed by atoms with E-state index in [4.69, 9.17) is 4.74 Å². The van der Waals surface area contributed by atoms with Crippen LogP contribution in [-0.4, -0.2) is 32.5 Å². The fourth-order valence-electron chi connectivity index (χ4n) is 2.58. The maximum absolute atomic E-state index is 12.7. The molecule has 6 heteroatoms. The van der Waals surface area contributed by atoms with E-state index >= 15 is 0 Å². The molecule has 0 fully saturated rings. The number of aromatic nitrogens is 4. The molecule has 2 aromatic heterocycles. The fourth-order valence-corrected chi connectivity index (χ4v) is 2.58. The van der Waals surface area contributed by atoms with Gasteiger partial charge in [-0.2, -0.15) is 4.98 Å². The maximum Gasteiger partial charge on any atom is 0.304 e. The van der Waals surface area contributed by atoms with Gasteiger partial charge in [0, 0.05) is 24.4 Å². The summed E-state index contributed by atoms with van der Waals surface area (Å²) in [7, 11) is 1.53. The van der Waals surface area contributed by atoms with Gasteiger partial charge in [0.15, 0.2) is 0 Å². The standard InChI is InChI=1S/C18H20N4O2/c1-12(2)4-7-17(23)22-16-8-13(14-9-19-11-20-10-14)5-6-15(16)21-18(22)24-3/h5-6,8-12H,4,7H2,1-3H3. The van der Waals surface area contributed by atoms with Gasteiger partial charge in [-0.1, -0.05) is 19.9 Å². The minimum Gasteiger partial charge on any atom is -0.468 e. The molecule has 0 aliphatic carbocycles. The molecular formula is C18H20N4O2. The zero-order valence-electron chi connectivity index (χ0n) is 14.1. The quantitative estimate of drug-likeness (QED) is 0.717. The maximum atomic E-state index is 12.7. The highest BCUT2D eigenvalue weighted by Crippen LogP contribution is 2.27. The first-order chi connectivity index (χ1) is 11.6. The third-order valence-electron chi connectivity index (χ3n) is 3.89. The normalized spacial score (nSPS) is 11.2. The Morgan fingerprint density at radius 3 is 2.62 bits per heavy atom. The summed E-state index contributed by atoms with van der Waals surface area (Å²) < 4.78 is 6.87. The summed E-state index contributed by atoms with van der Waals surface area (Å²) in [6.07, 6.45) is 6.26. The molecule has 0 bridgehead atoms. The zero-order chi connectivity index (χ0) is 17.1. The first-order valence-electron chi connectivity index (χ1n) is 7.95. The van der Waals surface area contributed by atoms with Gasteiger partial charge in [-0.05, 0) is 30.0 Å². The van der Waals surface area contributed by atoms with E-state index in [2.05, 4.69) is 28.8 Å². The molecule has 0 aliphatic heterocycles. The van der Waals surface area contributed by atoms with E-state index in [9.17, 15) is 4.79 Å². The Morgan fingerprint density at radius 1 is 1.21 bits per heavy atom. The van der Waals surface area contributed by atoms with E-state index in [1.54, 1.807) is 17.0 Å². The van der Waals surface area contributed by atoms with Crippen LogP contribution in [0, 0.1) is 5.92 Å². The Kier molecular flexibility index (Phi) is 4.55. The highest BCUT2D eigenvalue weighted by molar-refractivity contribution is 5.94. The molecule has 0 unspecified atom stereocenters. The van der Waals surface area contributed by atoms with Gasteiger partial charge in [-0.25, -0.2) is 14.5 Å². The van der Waals surface area contributed by atoms with Crippen molar-refractivity contribution in [2.24, 2.45) is 5.92 Å². The number of imidazole rings is 1. The lowest BCUT2D eigenvalue weighted by molar-refractivity contribution is 0.0889. The number of rotatable bonds is 5. The van der Waals surface area contributed by atoms with Crippen LogP contribution in [0.2, 0.25) is 0 Å². The Morgan fingerprint density at radius 2 is 1.96 bits per heavy atom. The van der Waals surface area contributed by atoms with Gasteiger partial charge in [-0.15, -0.1) is 0 Å². The van der Waals surface area contributed by atoms with Gasteiger partial charge in [0.1, 0.15) is 6.33 Å². The number of hydrogen-bond donors (Lipinski definition) is 0. The van der Waals surface area contributed by atoms with Gasteiger partial charge in [0.2, 0.25) is 5.91 Å². The Labute approximate surface area is 140 Å². The number of methoxy groups -OCH3 is 1. The molecule has 6 nitrogen and oxygen atoms in total. The zero-order valence-corrected chi connectivity index (χ0v) is 14.1. The summed E-state index contributed by atoms with van der Waals surface area (Å²) >= 11 is 0. The van der Waals surface area contributed by atoms with Gasteiger partial charge in [0.25, 0.3) is 0 Å². The largest absolute Gasteiger partial charge is 0.468 e. The molecule has 0 saturated carbocycles. The van der Waals surface area contributed by atoms with Gasteiger partial charge >= 0.3 is 6.01 Å². The molecule has 2 heterocycles. The number of hydrogen-bond acceptors (Lipinski definition) is 5. The molecule has 0 radical (unpaired) electrons. The first kappa shape index (κ1) is 16.1. The van der Waals surface area contributed by atoms with Crippen molar-refractivity contribution in [3.63, 3.8) is 0 Å². The van der Waals surface area contributed by atoms with E-state index in [0.29, 0.717) is 18.3 Å². The minimum absolute atomic E-state index is 0.00971. The van der Waals surface area contributed by atoms with Crippen molar-refractivity contribution >= 4 is 16.9 Å². The van der Waals surface area contributed by atoms with Crippen LogP contribution in [0.15, 0.2) is 36.9 Å². The van der Waals surface area contributed by atoms with Crippen molar-refractivity contribution in [2.75, 3.05) is 7.11 Å². The smallest absolute Gasteiger partial charge is 0.304 e. The number of fused-ring (bicyclic) bond motifs is 1. The van der Waals surface area contributed by atoms with Crippen molar-refractivity contribution < 1.29 is 9.53 Å². The van der Waals surface area contributed by atoms with Gasteiger partial charge in [-0.3, -0.25) is 4.79 Å². The van der Waals surface area contributed by atoms with Crippen LogP contribution >= 0.6 is 0 Å². The highest BCUT2D eigenvalue weighted by atomic mass is 16.5. The topological polar surface area (TPSA) is 69.9 Å². The molecule has 3 aromatic rings. The Bertz CT molecular complexity index is 856. The molecule has 124 valence electrons. The number of carbonyl (C=O) groups excluding carboxylic acids is 1. The lowest BCUT2D eigenvalue weighted by Gasteiger charge is -2.08. The molecule has 1 aromatic carbocycles. The van der Waals surface area contributed by atoms with Crippen molar-refractivity contribution in [2.45, 2.75) is 26.7 Å². The molecule has 0 saturated heterocycles. The van der Waals surface area contributed by atoms with Crippen molar-refractivity contribution in [3.05, 3.63) is 36.9 Å². The number of ether oxygens (including phenoxy) is 1. The number of carbonyl (C=O) groups is 1. The predicted octanol–water partition coefficient (Wildman–Crippen LogP) is 3.58. The SMILES string of the molecule is COc1nc2ccc(-c3cncnc3)cc2n1C(=O)CCC(C)C. The van der Waals surface area contributed by atoms with Crippen LogP contribution in [0.1, 0.15) is 31.5 Å². The molecular weight excluding hydrogens is 304 g/mol. The average Bonchev–Trinajstić information content (AvgIpc) is 2.98. The van der Waals surface area contributed by atoms with Crippen LogP contribution in [0.25, 0.3) is 22.2 Å². The second-order valence-corrected chi connectivity index (χ2v) is 6.09. The van der Waals surface area contributed by atoms with Crippen LogP contribution in [-0.2, 0) is 0 Å². The van der Waals surface area contributed by atoms with E-state index in [1.165, 1.54) is 13.4 Å². The van der Waals surface area contributed by atoms with Crippen LogP contribution in [0.4, 0.5) is 0 Å². The van der Waals surface area contributed by atoms with Crippen molar-refractivity contribution in [1.82, 2.24) is 19.5 Å². The molecule has 0 spiro atoms. The second kappa shape index (κ2) is 6.78. The molecule has 0 N–H and O–H groups in total. The molecule has 3 rings (SSSR count). The van der Waals surface area contributed by atoms with E-state index in [1.807, 2.05) is 18.2 Å². The van der Waals surface area contributed by atoms with Gasteiger partial charge in [0.05, 0.1) is 18.1 Å². The Hall–Kier alpha value is -2.76. The summed E-state index contributed by atoms with van der Waals surface area (Å²) in [5.41, 5.74) is 3.29. The predicted molar refractivity (Wildman–Crippen MR) is 92.0 cm³/mol. The molecule has 24 heavy (non-hydrogen) atoms. The van der Waals surface area contributed by atoms with Gasteiger partial charge < -0.3 is 4.74 Å². The Balaban J connectivity index is 2.07. The number of nitrogens with zero attached hydrogens (tertiary/aromatic N) is 4. The number of benzene rings is 1. The van der Waals surface area contributed by atoms with Crippen molar-refractivity contribution in [1.29, 1.82) is 0 Å². The first-order valence-corrected chi connectivity index (χ1v) is 7.95. The van der Waals surface area contributed by atoms with Crippen LogP contribution < -0.4 is 4.74 Å². The third kappa shape index (κ3) is 3.13. The second-order valence-electron chi connectivity index (χ2n) is 6.09. The molecule has 0 atom stereocenters. The summed E-state index contributed by atoms with van der Waals surface area (Å²) in [4.78, 5) is 25.2. The molecule has 0 amide bonds. The third-order valence-corrected chi connectivity index (χ3v) is 3.89. The summed E-state index contributed by atoms with van der Waals surface area (Å²) in [6, 6.07) is 6.07. The fraction of sp³-hybridized carbons (Fsp3) is 0.333. The molecule has 0 aliphatic rings. The van der Waals surface area contributed by atoms with E-state index < -0.39 is 0 Å². The summed E-state index contributed by atoms with van der Waals surface area (Å²) in [5.74, 6) is 0.455. The minimum atomic E-state index is -0.00971. The lowest BCUT2D eigenvalue weighted by atomic mass is 10.1. The summed E-state index contributed by atoms with van der Waals surface area (Å²) in [6.45, 7) is 4.20.